The first-order valence-corrected chi connectivity index (χ1v) is 6.71. The van der Waals surface area contributed by atoms with Gasteiger partial charge in [-0.2, -0.15) is 0 Å². The van der Waals surface area contributed by atoms with Crippen molar-refractivity contribution in [1.29, 1.82) is 0 Å². The molecule has 1 saturated heterocycles. The number of ether oxygens (including phenoxy) is 1. The smallest absolute Gasteiger partial charge is 0.263 e. The van der Waals surface area contributed by atoms with Crippen LogP contribution >= 0.6 is 0 Å². The van der Waals surface area contributed by atoms with E-state index in [0.717, 1.165) is 11.3 Å². The zero-order valence-corrected chi connectivity index (χ0v) is 11.7. The second-order valence-corrected chi connectivity index (χ2v) is 5.35. The first-order chi connectivity index (χ1) is 8.99. The maximum Gasteiger partial charge on any atom is 0.263 e. The molecule has 1 amide bonds. The lowest BCUT2D eigenvalue weighted by molar-refractivity contribution is -0.148. The molecule has 0 spiro atoms. The molecule has 0 aliphatic carbocycles. The van der Waals surface area contributed by atoms with Gasteiger partial charge in [0.1, 0.15) is 5.75 Å². The third kappa shape index (κ3) is 3.07. The summed E-state index contributed by atoms with van der Waals surface area (Å²) in [6.45, 7) is 6.78. The fraction of sp³-hybridized carbons (Fsp3) is 0.533. The van der Waals surface area contributed by atoms with Crippen molar-refractivity contribution in [3.63, 3.8) is 0 Å². The standard InChI is InChI=1S/C15H21NO3/c1-10(2)13-6-4-5-7-14(13)19-11(3)15(18)16-8-12(17)9-16/h4-7,10-12,17H,8-9H2,1-3H3. The van der Waals surface area contributed by atoms with Gasteiger partial charge in [-0.15, -0.1) is 0 Å². The van der Waals surface area contributed by atoms with E-state index in [1.54, 1.807) is 11.8 Å². The lowest BCUT2D eigenvalue weighted by Gasteiger charge is -2.37. The van der Waals surface area contributed by atoms with Crippen LogP contribution in [-0.4, -0.2) is 41.2 Å². The quantitative estimate of drug-likeness (QED) is 0.901. The average Bonchev–Trinajstić information content (AvgIpc) is 2.34. The number of carbonyl (C=O) groups is 1. The highest BCUT2D eigenvalue weighted by Crippen LogP contribution is 2.27. The third-order valence-electron chi connectivity index (χ3n) is 3.37. The number of likely N-dealkylation sites (tertiary alicyclic amines) is 1. The lowest BCUT2D eigenvalue weighted by Crippen LogP contribution is -2.56. The van der Waals surface area contributed by atoms with Crippen LogP contribution in [-0.2, 0) is 4.79 Å². The molecule has 4 nitrogen and oxygen atoms in total. The molecule has 1 unspecified atom stereocenters. The van der Waals surface area contributed by atoms with Crippen molar-refractivity contribution in [3.05, 3.63) is 29.8 Å². The maximum absolute atomic E-state index is 12.0. The number of hydrogen-bond acceptors (Lipinski definition) is 3. The monoisotopic (exact) mass is 263 g/mol. The van der Waals surface area contributed by atoms with E-state index in [1.807, 2.05) is 24.3 Å². The van der Waals surface area contributed by atoms with Crippen LogP contribution in [0.15, 0.2) is 24.3 Å². The normalized spacial score (nSPS) is 17.2. The third-order valence-corrected chi connectivity index (χ3v) is 3.37. The summed E-state index contributed by atoms with van der Waals surface area (Å²) in [7, 11) is 0. The summed E-state index contributed by atoms with van der Waals surface area (Å²) in [5.41, 5.74) is 1.10. The highest BCUT2D eigenvalue weighted by Gasteiger charge is 2.32. The summed E-state index contributed by atoms with van der Waals surface area (Å²) in [5, 5.41) is 9.22. The molecule has 1 aromatic rings. The Kier molecular flexibility index (Phi) is 4.10. The minimum absolute atomic E-state index is 0.0659. The Bertz CT molecular complexity index is 452. The summed E-state index contributed by atoms with van der Waals surface area (Å²) < 4.78 is 5.79. The minimum atomic E-state index is -0.521. The van der Waals surface area contributed by atoms with Crippen LogP contribution in [0.2, 0.25) is 0 Å². The molecule has 0 saturated carbocycles. The number of amides is 1. The van der Waals surface area contributed by atoms with Crippen LogP contribution in [0.5, 0.6) is 5.75 Å². The van der Waals surface area contributed by atoms with Gasteiger partial charge in [0.05, 0.1) is 6.10 Å². The van der Waals surface area contributed by atoms with Crippen molar-refractivity contribution in [2.45, 2.75) is 38.9 Å². The molecule has 1 atom stereocenters. The van der Waals surface area contributed by atoms with Crippen molar-refractivity contribution in [2.24, 2.45) is 0 Å². The molecule has 1 fully saturated rings. The highest BCUT2D eigenvalue weighted by atomic mass is 16.5. The van der Waals surface area contributed by atoms with E-state index in [4.69, 9.17) is 4.74 Å². The molecular weight excluding hydrogens is 242 g/mol. The van der Waals surface area contributed by atoms with Crippen LogP contribution in [0.1, 0.15) is 32.3 Å². The van der Waals surface area contributed by atoms with Crippen LogP contribution in [0.25, 0.3) is 0 Å². The van der Waals surface area contributed by atoms with Gasteiger partial charge in [0.2, 0.25) is 0 Å². The van der Waals surface area contributed by atoms with E-state index < -0.39 is 6.10 Å². The summed E-state index contributed by atoms with van der Waals surface area (Å²) in [6, 6.07) is 7.79. The molecule has 2 rings (SSSR count). The summed E-state index contributed by atoms with van der Waals surface area (Å²) >= 11 is 0. The summed E-state index contributed by atoms with van der Waals surface area (Å²) in [5.74, 6) is 1.05. The van der Waals surface area contributed by atoms with Crippen LogP contribution < -0.4 is 4.74 Å². The number of carbonyl (C=O) groups excluding carboxylic acids is 1. The van der Waals surface area contributed by atoms with Crippen LogP contribution in [0, 0.1) is 0 Å². The van der Waals surface area contributed by atoms with E-state index in [2.05, 4.69) is 13.8 Å². The molecule has 1 N–H and O–H groups in total. The van der Waals surface area contributed by atoms with Crippen LogP contribution in [0.4, 0.5) is 0 Å². The second kappa shape index (κ2) is 5.61. The Morgan fingerprint density at radius 2 is 1.95 bits per heavy atom. The average molecular weight is 263 g/mol. The molecule has 0 aromatic heterocycles. The molecular formula is C15H21NO3. The second-order valence-electron chi connectivity index (χ2n) is 5.35. The number of β-amino-alcohol motifs (C(OH)–C–C–N with tert-alkyl or cyclic N) is 1. The van der Waals surface area contributed by atoms with Gasteiger partial charge < -0.3 is 14.7 Å². The molecule has 104 valence electrons. The Balaban J connectivity index is 2.02. The number of para-hydroxylation sites is 1. The number of hydrogen-bond donors (Lipinski definition) is 1. The molecule has 0 radical (unpaired) electrons. The van der Waals surface area contributed by atoms with E-state index in [1.165, 1.54) is 0 Å². The topological polar surface area (TPSA) is 49.8 Å². The fourth-order valence-corrected chi connectivity index (χ4v) is 2.20. The van der Waals surface area contributed by atoms with Crippen molar-refractivity contribution in [1.82, 2.24) is 4.90 Å². The van der Waals surface area contributed by atoms with E-state index in [-0.39, 0.29) is 12.0 Å². The SMILES string of the molecule is CC(Oc1ccccc1C(C)C)C(=O)N1CC(O)C1. The molecule has 1 heterocycles. The Morgan fingerprint density at radius 3 is 2.53 bits per heavy atom. The molecule has 4 heteroatoms. The van der Waals surface area contributed by atoms with E-state index in [9.17, 15) is 9.90 Å². The largest absolute Gasteiger partial charge is 0.481 e. The zero-order chi connectivity index (χ0) is 14.0. The van der Waals surface area contributed by atoms with Gasteiger partial charge in [-0.25, -0.2) is 0 Å². The first-order valence-electron chi connectivity index (χ1n) is 6.71. The Hall–Kier alpha value is -1.55. The van der Waals surface area contributed by atoms with Gasteiger partial charge in [-0.1, -0.05) is 32.0 Å². The number of aliphatic hydroxyl groups is 1. The molecule has 19 heavy (non-hydrogen) atoms. The molecule has 1 aromatic carbocycles. The molecule has 1 aliphatic rings. The van der Waals surface area contributed by atoms with E-state index >= 15 is 0 Å². The highest BCUT2D eigenvalue weighted by molar-refractivity contribution is 5.81. The summed E-state index contributed by atoms with van der Waals surface area (Å²) in [6.07, 6.45) is -0.897. The van der Waals surface area contributed by atoms with Gasteiger partial charge in [-0.05, 0) is 24.5 Å². The van der Waals surface area contributed by atoms with Crippen molar-refractivity contribution in [3.8, 4) is 5.75 Å². The number of benzene rings is 1. The van der Waals surface area contributed by atoms with Crippen LogP contribution in [0.3, 0.4) is 0 Å². The fourth-order valence-electron chi connectivity index (χ4n) is 2.20. The van der Waals surface area contributed by atoms with Crippen molar-refractivity contribution >= 4 is 5.91 Å². The number of aliphatic hydroxyl groups excluding tert-OH is 1. The molecule has 0 bridgehead atoms. The van der Waals surface area contributed by atoms with Gasteiger partial charge in [0, 0.05) is 13.1 Å². The van der Waals surface area contributed by atoms with Crippen molar-refractivity contribution in [2.75, 3.05) is 13.1 Å². The lowest BCUT2D eigenvalue weighted by atomic mass is 10.0. The number of rotatable bonds is 4. The summed E-state index contributed by atoms with van der Waals surface area (Å²) in [4.78, 5) is 13.7. The Labute approximate surface area is 114 Å². The van der Waals surface area contributed by atoms with Crippen molar-refractivity contribution < 1.29 is 14.6 Å². The van der Waals surface area contributed by atoms with Gasteiger partial charge in [0.15, 0.2) is 6.10 Å². The van der Waals surface area contributed by atoms with Gasteiger partial charge >= 0.3 is 0 Å². The molecule has 1 aliphatic heterocycles. The zero-order valence-electron chi connectivity index (χ0n) is 11.7. The maximum atomic E-state index is 12.0. The first kappa shape index (κ1) is 13.9. The minimum Gasteiger partial charge on any atom is -0.481 e. The Morgan fingerprint density at radius 1 is 1.32 bits per heavy atom. The number of nitrogens with zero attached hydrogens (tertiary/aromatic N) is 1. The predicted molar refractivity (Wildman–Crippen MR) is 73.2 cm³/mol. The van der Waals surface area contributed by atoms with E-state index in [0.29, 0.717) is 19.0 Å². The van der Waals surface area contributed by atoms with Gasteiger partial charge in [-0.3, -0.25) is 4.79 Å². The van der Waals surface area contributed by atoms with Gasteiger partial charge in [0.25, 0.3) is 5.91 Å². The predicted octanol–water partition coefficient (Wildman–Crippen LogP) is 1.78.